The number of nitrogens with one attached hydrogen (secondary N) is 1. The van der Waals surface area contributed by atoms with Crippen LogP contribution in [0.4, 0.5) is 4.39 Å². The number of H-pyrrole nitrogens is 1. The number of imidazole rings is 1. The van der Waals surface area contributed by atoms with Crippen LogP contribution in [0.25, 0.3) is 27.8 Å². The second kappa shape index (κ2) is 6.14. The van der Waals surface area contributed by atoms with E-state index in [1.807, 2.05) is 6.92 Å². The van der Waals surface area contributed by atoms with Crippen molar-refractivity contribution < 1.29 is 13.9 Å². The van der Waals surface area contributed by atoms with Crippen molar-refractivity contribution in [2.75, 3.05) is 13.7 Å². The van der Waals surface area contributed by atoms with Gasteiger partial charge in [0.05, 0.1) is 30.3 Å². The molecule has 0 aliphatic rings. The Balaban J connectivity index is 2.09. The quantitative estimate of drug-likeness (QED) is 0.609. The fourth-order valence-corrected chi connectivity index (χ4v) is 3.01. The number of pyridine rings is 2. The van der Waals surface area contributed by atoms with E-state index in [0.29, 0.717) is 34.8 Å². The molecule has 4 aromatic rings. The summed E-state index contributed by atoms with van der Waals surface area (Å²) in [5.74, 6) is 0.167. The van der Waals surface area contributed by atoms with E-state index in [1.54, 1.807) is 18.2 Å². The van der Waals surface area contributed by atoms with Crippen LogP contribution in [0.1, 0.15) is 6.92 Å². The number of hydrogen-bond acceptors (Lipinski definition) is 5. The molecule has 4 rings (SSSR count). The van der Waals surface area contributed by atoms with Crippen molar-refractivity contribution in [3.63, 3.8) is 0 Å². The summed E-state index contributed by atoms with van der Waals surface area (Å²) in [6.07, 6.45) is 3.06. The first kappa shape index (κ1) is 16.1. The van der Waals surface area contributed by atoms with Gasteiger partial charge in [-0.05, 0) is 25.1 Å². The van der Waals surface area contributed by atoms with Crippen LogP contribution in [0.2, 0.25) is 0 Å². The molecule has 132 valence electrons. The van der Waals surface area contributed by atoms with Crippen molar-refractivity contribution in [2.45, 2.75) is 6.92 Å². The number of methoxy groups -OCH3 is 1. The second-order valence-corrected chi connectivity index (χ2v) is 5.51. The number of benzene rings is 1. The zero-order valence-corrected chi connectivity index (χ0v) is 14.1. The smallest absolute Gasteiger partial charge is 0.332 e. The molecule has 0 fully saturated rings. The molecule has 0 aliphatic heterocycles. The average Bonchev–Trinajstić information content (AvgIpc) is 2.98. The van der Waals surface area contributed by atoms with Crippen molar-refractivity contribution in [3.05, 3.63) is 53.0 Å². The summed E-state index contributed by atoms with van der Waals surface area (Å²) in [5, 5.41) is 0.204. The van der Waals surface area contributed by atoms with Gasteiger partial charge in [-0.2, -0.15) is 0 Å². The van der Waals surface area contributed by atoms with Crippen molar-refractivity contribution >= 4 is 22.1 Å². The number of ether oxygens (including phenoxy) is 2. The topological polar surface area (TPSA) is 82.0 Å². The maximum Gasteiger partial charge on any atom is 0.332 e. The molecule has 26 heavy (non-hydrogen) atoms. The number of nitrogens with zero attached hydrogens (tertiary/aromatic N) is 3. The van der Waals surface area contributed by atoms with E-state index in [2.05, 4.69) is 15.0 Å². The highest BCUT2D eigenvalue weighted by Gasteiger charge is 2.20. The van der Waals surface area contributed by atoms with Crippen LogP contribution < -0.4 is 15.2 Å². The fraction of sp³-hybridized carbons (Fsp3) is 0.167. The van der Waals surface area contributed by atoms with Crippen molar-refractivity contribution in [2.24, 2.45) is 0 Å². The molecule has 0 spiro atoms. The van der Waals surface area contributed by atoms with Gasteiger partial charge in [0.15, 0.2) is 11.5 Å². The van der Waals surface area contributed by atoms with Crippen molar-refractivity contribution in [3.8, 4) is 17.2 Å². The normalized spacial score (nSPS) is 11.2. The number of rotatable bonds is 4. The molecular weight excluding hydrogens is 339 g/mol. The molecule has 0 radical (unpaired) electrons. The number of aromatic amines is 1. The third-order valence-corrected chi connectivity index (χ3v) is 4.09. The highest BCUT2D eigenvalue weighted by molar-refractivity contribution is 5.89. The van der Waals surface area contributed by atoms with Gasteiger partial charge in [0.25, 0.3) is 0 Å². The Morgan fingerprint density at radius 1 is 1.15 bits per heavy atom. The van der Waals surface area contributed by atoms with Crippen LogP contribution >= 0.6 is 0 Å². The summed E-state index contributed by atoms with van der Waals surface area (Å²) >= 11 is 0. The summed E-state index contributed by atoms with van der Waals surface area (Å²) < 4.78 is 27.4. The minimum Gasteiger partial charge on any atom is -0.496 e. The molecule has 0 bridgehead atoms. The average molecular weight is 354 g/mol. The Morgan fingerprint density at radius 2 is 1.92 bits per heavy atom. The van der Waals surface area contributed by atoms with Gasteiger partial charge >= 0.3 is 5.69 Å². The van der Waals surface area contributed by atoms with Gasteiger partial charge in [-0.15, -0.1) is 0 Å². The van der Waals surface area contributed by atoms with E-state index in [-0.39, 0.29) is 11.1 Å². The lowest BCUT2D eigenvalue weighted by Crippen LogP contribution is -2.16. The van der Waals surface area contributed by atoms with Gasteiger partial charge in [0.2, 0.25) is 0 Å². The van der Waals surface area contributed by atoms with Gasteiger partial charge < -0.3 is 9.47 Å². The van der Waals surface area contributed by atoms with E-state index in [9.17, 15) is 4.79 Å². The van der Waals surface area contributed by atoms with E-state index < -0.39 is 11.5 Å². The molecule has 0 atom stereocenters. The molecule has 0 saturated heterocycles. The van der Waals surface area contributed by atoms with Crippen molar-refractivity contribution in [1.82, 2.24) is 19.5 Å². The molecule has 0 unspecified atom stereocenters. The minimum absolute atomic E-state index is 0.0639. The lowest BCUT2D eigenvalue weighted by molar-refractivity contribution is 0.343. The van der Waals surface area contributed by atoms with E-state index in [0.717, 1.165) is 0 Å². The molecule has 0 saturated carbocycles. The first-order valence-corrected chi connectivity index (χ1v) is 7.99. The maximum absolute atomic E-state index is 15.4. The molecule has 3 heterocycles. The monoisotopic (exact) mass is 354 g/mol. The molecular formula is C18H15FN4O3. The van der Waals surface area contributed by atoms with Gasteiger partial charge in [-0.3, -0.25) is 14.5 Å². The summed E-state index contributed by atoms with van der Waals surface area (Å²) in [7, 11) is 1.45. The molecule has 8 heteroatoms. The molecule has 1 aromatic carbocycles. The van der Waals surface area contributed by atoms with Crippen LogP contribution in [-0.4, -0.2) is 33.2 Å². The zero-order chi connectivity index (χ0) is 18.3. The predicted octanol–water partition coefficient (Wildman–Crippen LogP) is 2.81. The summed E-state index contributed by atoms with van der Waals surface area (Å²) in [4.78, 5) is 23.5. The zero-order valence-electron chi connectivity index (χ0n) is 14.1. The first-order chi connectivity index (χ1) is 12.7. The molecule has 3 aromatic heterocycles. The minimum atomic E-state index is -0.609. The number of halogens is 1. The van der Waals surface area contributed by atoms with E-state index >= 15 is 4.39 Å². The van der Waals surface area contributed by atoms with Gasteiger partial charge in [0.1, 0.15) is 17.0 Å². The van der Waals surface area contributed by atoms with Crippen LogP contribution in [0.5, 0.6) is 11.5 Å². The molecule has 7 nitrogen and oxygen atoms in total. The first-order valence-electron chi connectivity index (χ1n) is 7.99. The van der Waals surface area contributed by atoms with Gasteiger partial charge in [0, 0.05) is 18.5 Å². The van der Waals surface area contributed by atoms with Crippen LogP contribution in [-0.2, 0) is 0 Å². The summed E-state index contributed by atoms with van der Waals surface area (Å²) in [5.41, 5.74) is 0.676. The van der Waals surface area contributed by atoms with Crippen molar-refractivity contribution in [1.29, 1.82) is 0 Å². The third-order valence-electron chi connectivity index (χ3n) is 4.09. The van der Waals surface area contributed by atoms with Crippen LogP contribution in [0, 0.1) is 5.82 Å². The Hall–Kier alpha value is -3.42. The lowest BCUT2D eigenvalue weighted by Gasteiger charge is -2.12. The Kier molecular flexibility index (Phi) is 3.80. The highest BCUT2D eigenvalue weighted by atomic mass is 19.1. The second-order valence-electron chi connectivity index (χ2n) is 5.51. The SMILES string of the molecule is CCOc1ccnc2[nH]c(=O)n(-c3ccc4nccc(OC)c4c3F)c12. The predicted molar refractivity (Wildman–Crippen MR) is 94.7 cm³/mol. The van der Waals surface area contributed by atoms with Crippen LogP contribution in [0.15, 0.2) is 41.5 Å². The lowest BCUT2D eigenvalue weighted by atomic mass is 10.1. The Bertz CT molecular complexity index is 1180. The van der Waals surface area contributed by atoms with Gasteiger partial charge in [-0.1, -0.05) is 0 Å². The largest absolute Gasteiger partial charge is 0.496 e. The number of aromatic nitrogens is 4. The summed E-state index contributed by atoms with van der Waals surface area (Å²) in [6, 6.07) is 6.34. The number of fused-ring (bicyclic) bond motifs is 2. The molecule has 0 aliphatic carbocycles. The highest BCUT2D eigenvalue weighted by Crippen LogP contribution is 2.32. The maximum atomic E-state index is 15.4. The standard InChI is InChI=1S/C18H15FN4O3/c1-3-26-13-7-9-21-17-16(13)23(18(24)22-17)11-5-4-10-14(15(11)19)12(25-2)6-8-20-10/h4-9H,3H2,1-2H3,(H,21,22,24). The van der Waals surface area contributed by atoms with Crippen LogP contribution in [0.3, 0.4) is 0 Å². The third kappa shape index (κ3) is 2.30. The molecule has 0 amide bonds. The number of hydrogen-bond donors (Lipinski definition) is 1. The summed E-state index contributed by atoms with van der Waals surface area (Å²) in [6.45, 7) is 2.23. The van der Waals surface area contributed by atoms with E-state index in [1.165, 1.54) is 30.1 Å². The van der Waals surface area contributed by atoms with Gasteiger partial charge in [-0.25, -0.2) is 14.2 Å². The van der Waals surface area contributed by atoms with E-state index in [4.69, 9.17) is 9.47 Å². The molecule has 1 N–H and O–H groups in total. The Morgan fingerprint density at radius 3 is 2.69 bits per heavy atom. The fourth-order valence-electron chi connectivity index (χ4n) is 3.01. The Labute approximate surface area is 147 Å².